The third-order valence-corrected chi connectivity index (χ3v) is 4.72. The molecule has 0 bridgehead atoms. The number of anilines is 1. The molecule has 4 aromatic rings. The monoisotopic (exact) mass is 349 g/mol. The fourth-order valence-electron chi connectivity index (χ4n) is 3.61. The van der Waals surface area contributed by atoms with Crippen molar-refractivity contribution in [2.24, 2.45) is 0 Å². The van der Waals surface area contributed by atoms with Gasteiger partial charge in [0.2, 0.25) is 0 Å². The zero-order valence-corrected chi connectivity index (χ0v) is 14.7. The molecule has 0 amide bonds. The minimum absolute atomic E-state index is 0.187. The van der Waals surface area contributed by atoms with Crippen molar-refractivity contribution in [3.05, 3.63) is 42.9 Å². The maximum Gasteiger partial charge on any atom is 0.181 e. The van der Waals surface area contributed by atoms with Crippen LogP contribution in [0.4, 0.5) is 5.82 Å². The molecule has 7 nitrogen and oxygen atoms in total. The van der Waals surface area contributed by atoms with E-state index in [9.17, 15) is 0 Å². The summed E-state index contributed by atoms with van der Waals surface area (Å²) in [6, 6.07) is 9.96. The van der Waals surface area contributed by atoms with Gasteiger partial charge in [0.15, 0.2) is 17.6 Å². The Morgan fingerprint density at radius 1 is 1.04 bits per heavy atom. The van der Waals surface area contributed by atoms with Crippen LogP contribution in [-0.2, 0) is 4.74 Å². The van der Waals surface area contributed by atoms with Crippen LogP contribution in [0.1, 0.15) is 13.8 Å². The molecule has 132 valence electrons. The normalized spacial score (nSPS) is 20.9. The molecule has 1 aliphatic rings. The topological polar surface area (TPSA) is 68.7 Å². The molecular formula is C19H19N5O2. The average Bonchev–Trinajstić information content (AvgIpc) is 3.26. The van der Waals surface area contributed by atoms with Crippen molar-refractivity contribution in [1.82, 2.24) is 19.6 Å². The van der Waals surface area contributed by atoms with Crippen LogP contribution >= 0.6 is 0 Å². The van der Waals surface area contributed by atoms with Gasteiger partial charge < -0.3 is 14.1 Å². The first kappa shape index (κ1) is 15.3. The first-order valence-corrected chi connectivity index (χ1v) is 8.76. The number of fused-ring (bicyclic) bond motifs is 2. The largest absolute Gasteiger partial charge is 0.443 e. The molecule has 26 heavy (non-hydrogen) atoms. The van der Waals surface area contributed by atoms with Crippen LogP contribution in [-0.4, -0.2) is 44.9 Å². The van der Waals surface area contributed by atoms with Gasteiger partial charge in [-0.3, -0.25) is 0 Å². The molecule has 0 spiro atoms. The van der Waals surface area contributed by atoms with Crippen LogP contribution in [0.5, 0.6) is 0 Å². The van der Waals surface area contributed by atoms with E-state index in [1.165, 1.54) is 6.39 Å². The summed E-state index contributed by atoms with van der Waals surface area (Å²) in [5.41, 5.74) is 4.33. The molecule has 2 atom stereocenters. The molecule has 0 radical (unpaired) electrons. The van der Waals surface area contributed by atoms with Crippen molar-refractivity contribution in [2.45, 2.75) is 26.1 Å². The summed E-state index contributed by atoms with van der Waals surface area (Å²) in [4.78, 5) is 10.9. The number of rotatable bonds is 2. The lowest BCUT2D eigenvalue weighted by molar-refractivity contribution is -0.00551. The van der Waals surface area contributed by atoms with Crippen molar-refractivity contribution in [3.8, 4) is 11.3 Å². The number of imidazole rings is 1. The van der Waals surface area contributed by atoms with Crippen LogP contribution in [0.15, 0.2) is 47.3 Å². The molecule has 1 aliphatic heterocycles. The molecule has 1 aromatic carbocycles. The van der Waals surface area contributed by atoms with Crippen LogP contribution in [0.3, 0.4) is 0 Å². The van der Waals surface area contributed by atoms with Gasteiger partial charge in [-0.2, -0.15) is 0 Å². The lowest BCUT2D eigenvalue weighted by Gasteiger charge is -2.35. The fourth-order valence-corrected chi connectivity index (χ4v) is 3.61. The summed E-state index contributed by atoms with van der Waals surface area (Å²) >= 11 is 0. The number of aromatic nitrogens is 4. The van der Waals surface area contributed by atoms with E-state index in [1.54, 1.807) is 0 Å². The van der Waals surface area contributed by atoms with Gasteiger partial charge in [0.25, 0.3) is 0 Å². The molecule has 1 saturated heterocycles. The predicted octanol–water partition coefficient (Wildman–Crippen LogP) is 3.15. The second-order valence-electron chi connectivity index (χ2n) is 6.80. The Morgan fingerprint density at radius 2 is 1.88 bits per heavy atom. The summed E-state index contributed by atoms with van der Waals surface area (Å²) in [6.45, 7) is 5.85. The van der Waals surface area contributed by atoms with E-state index in [-0.39, 0.29) is 12.2 Å². The second kappa shape index (κ2) is 5.81. The van der Waals surface area contributed by atoms with Gasteiger partial charge in [-0.1, -0.05) is 6.07 Å². The first-order valence-electron chi connectivity index (χ1n) is 8.76. The van der Waals surface area contributed by atoms with Gasteiger partial charge in [0.1, 0.15) is 11.3 Å². The standard InChI is InChI=1S/C19H19N5O2/c1-12-9-23(10-13(2)26-12)19-6-5-18-20-8-16(24(18)22-19)14-3-4-15-17(7-14)25-11-21-15/h3-8,11-13H,9-10H2,1-2H3/t12-,13+. The van der Waals surface area contributed by atoms with Crippen LogP contribution in [0, 0.1) is 0 Å². The third kappa shape index (κ3) is 2.52. The molecule has 0 N–H and O–H groups in total. The zero-order chi connectivity index (χ0) is 17.7. The van der Waals surface area contributed by atoms with Gasteiger partial charge in [0, 0.05) is 18.7 Å². The predicted molar refractivity (Wildman–Crippen MR) is 98.2 cm³/mol. The highest BCUT2D eigenvalue weighted by atomic mass is 16.5. The van der Waals surface area contributed by atoms with Crippen molar-refractivity contribution in [2.75, 3.05) is 18.0 Å². The number of ether oxygens (including phenoxy) is 1. The number of oxazole rings is 1. The van der Waals surface area contributed by atoms with Gasteiger partial charge in [-0.05, 0) is 38.1 Å². The third-order valence-electron chi connectivity index (χ3n) is 4.72. The maximum absolute atomic E-state index is 5.83. The van der Waals surface area contributed by atoms with Crippen molar-refractivity contribution >= 4 is 22.6 Å². The van der Waals surface area contributed by atoms with Crippen LogP contribution < -0.4 is 4.90 Å². The number of morpholine rings is 1. The van der Waals surface area contributed by atoms with Gasteiger partial charge in [0.05, 0.1) is 24.1 Å². The number of hydrogen-bond donors (Lipinski definition) is 0. The van der Waals surface area contributed by atoms with Crippen molar-refractivity contribution in [1.29, 1.82) is 0 Å². The maximum atomic E-state index is 5.83. The van der Waals surface area contributed by atoms with E-state index in [0.717, 1.165) is 46.9 Å². The Hall–Kier alpha value is -2.93. The number of hydrogen-bond acceptors (Lipinski definition) is 6. The minimum atomic E-state index is 0.187. The SMILES string of the molecule is C[C@@H]1CN(c2ccc3ncc(-c4ccc5ncoc5c4)n3n2)C[C@H](C)O1. The van der Waals surface area contributed by atoms with E-state index >= 15 is 0 Å². The fraction of sp³-hybridized carbons (Fsp3) is 0.316. The zero-order valence-electron chi connectivity index (χ0n) is 14.7. The second-order valence-corrected chi connectivity index (χ2v) is 6.80. The van der Waals surface area contributed by atoms with Crippen LogP contribution in [0.25, 0.3) is 28.0 Å². The van der Waals surface area contributed by atoms with E-state index < -0.39 is 0 Å². The molecule has 0 unspecified atom stereocenters. The molecule has 4 heterocycles. The smallest absolute Gasteiger partial charge is 0.181 e. The first-order chi connectivity index (χ1) is 12.7. The van der Waals surface area contributed by atoms with Crippen LogP contribution in [0.2, 0.25) is 0 Å². The summed E-state index contributed by atoms with van der Waals surface area (Å²) in [6.07, 6.45) is 3.67. The van der Waals surface area contributed by atoms with Crippen molar-refractivity contribution in [3.63, 3.8) is 0 Å². The number of benzene rings is 1. The Morgan fingerprint density at radius 3 is 2.73 bits per heavy atom. The van der Waals surface area contributed by atoms with Gasteiger partial charge in [-0.25, -0.2) is 14.5 Å². The molecule has 7 heteroatoms. The van der Waals surface area contributed by atoms with Crippen molar-refractivity contribution < 1.29 is 9.15 Å². The number of nitrogens with zero attached hydrogens (tertiary/aromatic N) is 5. The molecule has 0 aliphatic carbocycles. The highest BCUT2D eigenvalue weighted by molar-refractivity contribution is 5.79. The molecule has 0 saturated carbocycles. The lowest BCUT2D eigenvalue weighted by atomic mass is 10.1. The average molecular weight is 349 g/mol. The Balaban J connectivity index is 1.58. The molecule has 1 fully saturated rings. The Bertz CT molecular complexity index is 1080. The Labute approximate surface area is 150 Å². The molecule has 5 rings (SSSR count). The lowest BCUT2D eigenvalue weighted by Crippen LogP contribution is -2.46. The van der Waals surface area contributed by atoms with E-state index in [0.29, 0.717) is 0 Å². The van der Waals surface area contributed by atoms with Gasteiger partial charge in [-0.15, -0.1) is 5.10 Å². The summed E-state index contributed by atoms with van der Waals surface area (Å²) in [7, 11) is 0. The van der Waals surface area contributed by atoms with E-state index in [4.69, 9.17) is 14.3 Å². The van der Waals surface area contributed by atoms with E-state index in [2.05, 4.69) is 28.7 Å². The highest BCUT2D eigenvalue weighted by Gasteiger charge is 2.23. The molecular weight excluding hydrogens is 330 g/mol. The summed E-state index contributed by atoms with van der Waals surface area (Å²) < 4.78 is 13.1. The Kier molecular flexibility index (Phi) is 3.43. The summed E-state index contributed by atoms with van der Waals surface area (Å²) in [5.74, 6) is 0.930. The highest BCUT2D eigenvalue weighted by Crippen LogP contribution is 2.26. The summed E-state index contributed by atoms with van der Waals surface area (Å²) in [5, 5.41) is 4.85. The quantitative estimate of drug-likeness (QED) is 0.554. The van der Waals surface area contributed by atoms with E-state index in [1.807, 2.05) is 41.0 Å². The minimum Gasteiger partial charge on any atom is -0.443 e. The molecule has 3 aromatic heterocycles. The van der Waals surface area contributed by atoms with Gasteiger partial charge >= 0.3 is 0 Å².